The van der Waals surface area contributed by atoms with Crippen molar-refractivity contribution in [3.05, 3.63) is 41.7 Å². The first-order valence-corrected chi connectivity index (χ1v) is 16.9. The van der Waals surface area contributed by atoms with Gasteiger partial charge in [-0.3, -0.25) is 9.98 Å². The zero-order chi connectivity index (χ0) is 31.6. The van der Waals surface area contributed by atoms with Gasteiger partial charge in [-0.15, -0.1) is 0 Å². The molecule has 0 amide bonds. The third kappa shape index (κ3) is 5.02. The SMILES string of the molecule is C[C@H]1O[C@@H](O[C@@H]2CC[C@]3(C=NCc4ccccn4)[C@H]4CC[C@]5(C)[C@@H](C6=CC(=O)OC6)CC[C@@]5(O)[C@@H]4CC[C@]3(O)C2)C[C@@H](O)[C@H]1O. The van der Waals surface area contributed by atoms with E-state index in [2.05, 4.69) is 11.9 Å². The second-order valence-electron chi connectivity index (χ2n) is 15.0. The van der Waals surface area contributed by atoms with E-state index in [4.69, 9.17) is 19.2 Å². The van der Waals surface area contributed by atoms with Crippen LogP contribution in [0.15, 0.2) is 41.0 Å². The van der Waals surface area contributed by atoms with Crippen molar-refractivity contribution in [2.45, 2.75) is 127 Å². The fraction of sp³-hybridized carbons (Fsp3) is 0.743. The number of nitrogens with zero attached hydrogens (tertiary/aromatic N) is 2. The van der Waals surface area contributed by atoms with Crippen LogP contribution in [0.1, 0.15) is 83.7 Å². The van der Waals surface area contributed by atoms with E-state index in [1.807, 2.05) is 24.4 Å². The van der Waals surface area contributed by atoms with Crippen molar-refractivity contribution in [1.29, 1.82) is 0 Å². The Morgan fingerprint density at radius 1 is 1.09 bits per heavy atom. The van der Waals surface area contributed by atoms with Crippen LogP contribution in [-0.2, 0) is 25.5 Å². The summed E-state index contributed by atoms with van der Waals surface area (Å²) in [5, 5.41) is 45.9. The highest BCUT2D eigenvalue weighted by Crippen LogP contribution is 2.70. The number of cyclic esters (lactones) is 1. The van der Waals surface area contributed by atoms with Gasteiger partial charge in [-0.1, -0.05) is 13.0 Å². The van der Waals surface area contributed by atoms with Crippen LogP contribution >= 0.6 is 0 Å². The molecule has 0 radical (unpaired) electrons. The summed E-state index contributed by atoms with van der Waals surface area (Å²) < 4.78 is 17.5. The zero-order valence-corrected chi connectivity index (χ0v) is 26.4. The minimum atomic E-state index is -1.10. The molecule has 3 heterocycles. The number of aliphatic imine (C=N–C) groups is 1. The van der Waals surface area contributed by atoms with E-state index in [0.717, 1.165) is 30.5 Å². The predicted molar refractivity (Wildman–Crippen MR) is 164 cm³/mol. The smallest absolute Gasteiger partial charge is 0.331 e. The molecule has 0 bridgehead atoms. The first-order valence-electron chi connectivity index (χ1n) is 16.9. The molecule has 2 aliphatic heterocycles. The molecule has 5 fully saturated rings. The number of esters is 1. The largest absolute Gasteiger partial charge is 0.458 e. The standard InChI is InChI=1S/C35H48N2O8/c1-21-31(40)28(38)16-30(44-21)45-24-6-11-33(20-36-18-23-5-3-4-14-37-23)26-7-10-32(2)25(22-15-29(39)43-19-22)9-13-35(32,42)27(26)8-12-34(33,41)17-24/h3-5,14-15,20-21,24-28,30-31,38,40-42H,6-13,16-19H2,1-2H3/t21-,24-,25-,26+,27-,28-,30+,31+,32-,33+,34+,35-/m1/s1. The summed E-state index contributed by atoms with van der Waals surface area (Å²) in [6.45, 7) is 4.66. The van der Waals surface area contributed by atoms with Crippen LogP contribution in [0.25, 0.3) is 0 Å². The lowest BCUT2D eigenvalue weighted by atomic mass is 9.41. The van der Waals surface area contributed by atoms with Gasteiger partial charge in [0.2, 0.25) is 0 Å². The second-order valence-corrected chi connectivity index (χ2v) is 15.0. The van der Waals surface area contributed by atoms with Gasteiger partial charge in [-0.2, -0.15) is 0 Å². The molecule has 10 nitrogen and oxygen atoms in total. The molecule has 4 N–H and O–H groups in total. The number of hydrogen-bond donors (Lipinski definition) is 4. The number of fused-ring (bicyclic) bond motifs is 5. The highest BCUT2D eigenvalue weighted by atomic mass is 16.7. The fourth-order valence-corrected chi connectivity index (χ4v) is 10.6. The van der Waals surface area contributed by atoms with E-state index in [-0.39, 0.29) is 41.7 Å². The van der Waals surface area contributed by atoms with Crippen molar-refractivity contribution >= 4 is 12.2 Å². The molecular weight excluding hydrogens is 576 g/mol. The van der Waals surface area contributed by atoms with Crippen molar-refractivity contribution in [3.63, 3.8) is 0 Å². The first kappa shape index (κ1) is 31.4. The molecule has 12 atom stereocenters. The summed E-state index contributed by atoms with van der Waals surface area (Å²) in [5.74, 6) is -0.181. The molecule has 4 saturated carbocycles. The summed E-state index contributed by atoms with van der Waals surface area (Å²) >= 11 is 0. The Labute approximate surface area is 264 Å². The van der Waals surface area contributed by atoms with E-state index >= 15 is 0 Å². The van der Waals surface area contributed by atoms with Crippen molar-refractivity contribution in [3.8, 4) is 0 Å². The molecule has 0 aromatic carbocycles. The summed E-state index contributed by atoms with van der Waals surface area (Å²) in [6, 6.07) is 5.78. The van der Waals surface area contributed by atoms with Gasteiger partial charge in [0.05, 0.1) is 41.8 Å². The summed E-state index contributed by atoms with van der Waals surface area (Å²) in [4.78, 5) is 21.4. The van der Waals surface area contributed by atoms with Gasteiger partial charge in [0.25, 0.3) is 0 Å². The maximum Gasteiger partial charge on any atom is 0.331 e. The van der Waals surface area contributed by atoms with Gasteiger partial charge in [0.1, 0.15) is 12.7 Å². The fourth-order valence-electron chi connectivity index (χ4n) is 10.6. The minimum Gasteiger partial charge on any atom is -0.458 e. The number of pyridine rings is 1. The number of rotatable bonds is 6. The molecule has 1 aromatic heterocycles. The monoisotopic (exact) mass is 624 g/mol. The third-order valence-electron chi connectivity index (χ3n) is 12.9. The van der Waals surface area contributed by atoms with Gasteiger partial charge in [0.15, 0.2) is 6.29 Å². The predicted octanol–water partition coefficient (Wildman–Crippen LogP) is 3.25. The van der Waals surface area contributed by atoms with E-state index in [0.29, 0.717) is 51.7 Å². The highest BCUT2D eigenvalue weighted by Gasteiger charge is 2.71. The lowest BCUT2D eigenvalue weighted by Crippen LogP contribution is -2.69. The molecule has 1 aromatic rings. The van der Waals surface area contributed by atoms with E-state index < -0.39 is 41.2 Å². The normalized spacial score (nSPS) is 48.0. The van der Waals surface area contributed by atoms with E-state index in [1.54, 1.807) is 19.2 Å². The Balaban J connectivity index is 1.17. The van der Waals surface area contributed by atoms with Crippen molar-refractivity contribution < 1.29 is 39.4 Å². The Morgan fingerprint density at radius 2 is 1.91 bits per heavy atom. The molecular formula is C35H48N2O8. The number of hydrogen-bond acceptors (Lipinski definition) is 10. The molecule has 10 heteroatoms. The molecule has 45 heavy (non-hydrogen) atoms. The van der Waals surface area contributed by atoms with Gasteiger partial charge in [0, 0.05) is 42.2 Å². The zero-order valence-electron chi connectivity index (χ0n) is 26.4. The van der Waals surface area contributed by atoms with Crippen LogP contribution in [0.3, 0.4) is 0 Å². The number of ether oxygens (including phenoxy) is 3. The Bertz CT molecular complexity index is 1330. The molecule has 7 rings (SSSR count). The maximum atomic E-state index is 12.7. The molecule has 6 aliphatic rings. The Morgan fingerprint density at radius 3 is 2.64 bits per heavy atom. The van der Waals surface area contributed by atoms with E-state index in [1.165, 1.54) is 0 Å². The Hall–Kier alpha value is -2.21. The maximum absolute atomic E-state index is 12.7. The van der Waals surface area contributed by atoms with Crippen LogP contribution in [0.2, 0.25) is 0 Å². The first-order chi connectivity index (χ1) is 21.5. The molecule has 0 unspecified atom stereocenters. The third-order valence-corrected chi connectivity index (χ3v) is 12.9. The lowest BCUT2D eigenvalue weighted by Gasteiger charge is -2.66. The lowest BCUT2D eigenvalue weighted by molar-refractivity contribution is -0.282. The number of carbonyl (C=O) groups excluding carboxylic acids is 1. The average molecular weight is 625 g/mol. The molecule has 246 valence electrons. The van der Waals surface area contributed by atoms with Crippen LogP contribution in [0.5, 0.6) is 0 Å². The van der Waals surface area contributed by atoms with Crippen molar-refractivity contribution in [1.82, 2.24) is 4.98 Å². The van der Waals surface area contributed by atoms with Gasteiger partial charge >= 0.3 is 5.97 Å². The summed E-state index contributed by atoms with van der Waals surface area (Å²) in [5.41, 5.74) is -1.19. The number of carbonyl (C=O) groups is 1. The highest BCUT2D eigenvalue weighted by molar-refractivity contribution is 5.85. The van der Waals surface area contributed by atoms with Crippen LogP contribution in [-0.4, -0.2) is 86.1 Å². The average Bonchev–Trinajstić information content (AvgIpc) is 3.56. The topological polar surface area (TPSA) is 151 Å². The van der Waals surface area contributed by atoms with Crippen LogP contribution in [0, 0.1) is 28.6 Å². The van der Waals surface area contributed by atoms with Crippen molar-refractivity contribution in [2.75, 3.05) is 6.61 Å². The minimum absolute atomic E-state index is 0.0157. The number of aromatic nitrogens is 1. The molecule has 0 spiro atoms. The van der Waals surface area contributed by atoms with Gasteiger partial charge in [-0.05, 0) is 93.7 Å². The quantitative estimate of drug-likeness (QED) is 0.212. The van der Waals surface area contributed by atoms with Gasteiger partial charge in [-0.25, -0.2) is 4.79 Å². The Kier molecular flexibility index (Phi) is 8.02. The summed E-state index contributed by atoms with van der Waals surface area (Å²) in [7, 11) is 0. The van der Waals surface area contributed by atoms with E-state index in [9.17, 15) is 25.2 Å². The van der Waals surface area contributed by atoms with Gasteiger partial charge < -0.3 is 34.6 Å². The second kappa shape index (κ2) is 11.5. The number of aliphatic hydroxyl groups excluding tert-OH is 2. The van der Waals surface area contributed by atoms with Crippen LogP contribution in [0.4, 0.5) is 0 Å². The number of aliphatic hydroxyl groups is 4. The van der Waals surface area contributed by atoms with Crippen LogP contribution < -0.4 is 0 Å². The molecule has 4 aliphatic carbocycles. The molecule has 1 saturated heterocycles. The van der Waals surface area contributed by atoms with Crippen molar-refractivity contribution in [2.24, 2.45) is 33.6 Å². The summed E-state index contributed by atoms with van der Waals surface area (Å²) in [6.07, 6.45) is 8.31.